The SMILES string of the molecule is O=C(Oc1ccc(-c2cn3cc([N+](=O)[O-])ccc3n2)cc1)c1ccc(C(F)(F)F)cc1. The molecule has 4 rings (SSSR count). The van der Waals surface area contributed by atoms with Crippen molar-refractivity contribution in [3.8, 4) is 17.0 Å². The Bertz CT molecular complexity index is 1280. The molecule has 0 spiro atoms. The summed E-state index contributed by atoms with van der Waals surface area (Å²) < 4.78 is 44.6. The highest BCUT2D eigenvalue weighted by Gasteiger charge is 2.30. The molecule has 10 heteroatoms. The van der Waals surface area contributed by atoms with Crippen molar-refractivity contribution >= 4 is 17.3 Å². The number of fused-ring (bicyclic) bond motifs is 1. The standard InChI is InChI=1S/C21H12F3N3O4/c22-21(23,24)15-5-1-14(2-6-15)20(28)31-17-8-3-13(4-9-17)18-12-26-11-16(27(29)30)7-10-19(26)25-18/h1-12H. The van der Waals surface area contributed by atoms with Crippen molar-refractivity contribution < 1.29 is 27.6 Å². The van der Waals surface area contributed by atoms with Crippen molar-refractivity contribution in [1.29, 1.82) is 0 Å². The van der Waals surface area contributed by atoms with Crippen LogP contribution >= 0.6 is 0 Å². The van der Waals surface area contributed by atoms with Crippen LogP contribution in [-0.4, -0.2) is 20.3 Å². The Morgan fingerprint density at radius 1 is 0.968 bits per heavy atom. The third kappa shape index (κ3) is 4.22. The van der Waals surface area contributed by atoms with Crippen molar-refractivity contribution in [2.75, 3.05) is 0 Å². The van der Waals surface area contributed by atoms with E-state index in [0.29, 0.717) is 16.9 Å². The minimum atomic E-state index is -4.49. The first-order valence-electron chi connectivity index (χ1n) is 8.84. The number of benzene rings is 2. The molecule has 0 atom stereocenters. The highest BCUT2D eigenvalue weighted by atomic mass is 19.4. The van der Waals surface area contributed by atoms with Gasteiger partial charge in [-0.2, -0.15) is 13.2 Å². The van der Waals surface area contributed by atoms with E-state index in [-0.39, 0.29) is 17.0 Å². The van der Waals surface area contributed by atoms with Crippen LogP contribution in [0.4, 0.5) is 18.9 Å². The number of carbonyl (C=O) groups is 1. The van der Waals surface area contributed by atoms with Crippen molar-refractivity contribution in [3.05, 3.63) is 94.3 Å². The lowest BCUT2D eigenvalue weighted by Gasteiger charge is -2.08. The fraction of sp³-hybridized carbons (Fsp3) is 0.0476. The molecule has 2 aromatic heterocycles. The molecule has 0 radical (unpaired) electrons. The van der Waals surface area contributed by atoms with Crippen molar-refractivity contribution in [3.63, 3.8) is 0 Å². The lowest BCUT2D eigenvalue weighted by molar-refractivity contribution is -0.385. The van der Waals surface area contributed by atoms with Gasteiger partial charge in [0, 0.05) is 17.8 Å². The first kappa shape index (κ1) is 20.1. The number of carbonyl (C=O) groups excluding carboxylic acids is 1. The molecule has 2 aromatic carbocycles. The zero-order valence-electron chi connectivity index (χ0n) is 15.5. The Morgan fingerprint density at radius 3 is 2.26 bits per heavy atom. The van der Waals surface area contributed by atoms with Gasteiger partial charge in [-0.15, -0.1) is 0 Å². The highest BCUT2D eigenvalue weighted by molar-refractivity contribution is 5.91. The molecule has 0 aliphatic rings. The summed E-state index contributed by atoms with van der Waals surface area (Å²) in [7, 11) is 0. The summed E-state index contributed by atoms with van der Waals surface area (Å²) in [6.45, 7) is 0. The van der Waals surface area contributed by atoms with Crippen LogP contribution in [0.15, 0.2) is 73.1 Å². The average Bonchev–Trinajstić information content (AvgIpc) is 3.17. The number of imidazole rings is 1. The Labute approximate surface area is 172 Å². The highest BCUT2D eigenvalue weighted by Crippen LogP contribution is 2.29. The first-order chi connectivity index (χ1) is 14.7. The number of alkyl halides is 3. The van der Waals surface area contributed by atoms with Crippen LogP contribution in [0.1, 0.15) is 15.9 Å². The maximum atomic E-state index is 12.6. The summed E-state index contributed by atoms with van der Waals surface area (Å²) in [4.78, 5) is 26.9. The normalized spacial score (nSPS) is 11.5. The fourth-order valence-corrected chi connectivity index (χ4v) is 2.88. The van der Waals surface area contributed by atoms with Crippen molar-refractivity contribution in [2.24, 2.45) is 0 Å². The Morgan fingerprint density at radius 2 is 1.65 bits per heavy atom. The third-order valence-electron chi connectivity index (χ3n) is 4.45. The smallest absolute Gasteiger partial charge is 0.416 e. The quantitative estimate of drug-likeness (QED) is 0.195. The zero-order chi connectivity index (χ0) is 22.2. The number of hydrogen-bond donors (Lipinski definition) is 0. The summed E-state index contributed by atoms with van der Waals surface area (Å²) in [5.41, 5.74) is 0.826. The van der Waals surface area contributed by atoms with Gasteiger partial charge < -0.3 is 4.74 Å². The molecule has 0 amide bonds. The molecule has 0 aliphatic carbocycles. The van der Waals surface area contributed by atoms with E-state index in [1.807, 2.05) is 0 Å². The monoisotopic (exact) mass is 427 g/mol. The van der Waals surface area contributed by atoms with Gasteiger partial charge in [0.1, 0.15) is 11.4 Å². The van der Waals surface area contributed by atoms with E-state index in [4.69, 9.17) is 4.74 Å². The Hall–Kier alpha value is -4.21. The second-order valence-corrected chi connectivity index (χ2v) is 6.53. The van der Waals surface area contributed by atoms with Gasteiger partial charge >= 0.3 is 12.1 Å². The molecular weight excluding hydrogens is 415 g/mol. The van der Waals surface area contributed by atoms with Crippen LogP contribution < -0.4 is 4.74 Å². The van der Waals surface area contributed by atoms with E-state index in [1.165, 1.54) is 34.9 Å². The average molecular weight is 427 g/mol. The summed E-state index contributed by atoms with van der Waals surface area (Å²) in [6, 6.07) is 12.9. The number of esters is 1. The van der Waals surface area contributed by atoms with Gasteiger partial charge in [-0.1, -0.05) is 0 Å². The number of pyridine rings is 1. The van der Waals surface area contributed by atoms with Crippen LogP contribution in [0.2, 0.25) is 0 Å². The molecule has 0 bridgehead atoms. The minimum Gasteiger partial charge on any atom is -0.423 e. The molecule has 0 aliphatic heterocycles. The van der Waals surface area contributed by atoms with Gasteiger partial charge in [-0.3, -0.25) is 14.5 Å². The van der Waals surface area contributed by atoms with E-state index >= 15 is 0 Å². The molecule has 0 unspecified atom stereocenters. The van der Waals surface area contributed by atoms with Gasteiger partial charge in [0.25, 0.3) is 5.69 Å². The maximum absolute atomic E-state index is 12.6. The van der Waals surface area contributed by atoms with E-state index in [0.717, 1.165) is 24.3 Å². The topological polar surface area (TPSA) is 86.7 Å². The first-order valence-corrected chi connectivity index (χ1v) is 8.84. The molecule has 0 fully saturated rings. The zero-order valence-corrected chi connectivity index (χ0v) is 15.5. The molecular formula is C21H12F3N3O4. The second kappa shape index (κ2) is 7.56. The minimum absolute atomic E-state index is 0.0148. The predicted octanol–water partition coefficient (Wildman–Crippen LogP) is 5.15. The van der Waals surface area contributed by atoms with E-state index in [2.05, 4.69) is 4.98 Å². The number of hydrogen-bond acceptors (Lipinski definition) is 5. The van der Waals surface area contributed by atoms with Crippen LogP contribution in [-0.2, 0) is 6.18 Å². The third-order valence-corrected chi connectivity index (χ3v) is 4.45. The molecule has 2 heterocycles. The van der Waals surface area contributed by atoms with Gasteiger partial charge in [0.2, 0.25) is 0 Å². The summed E-state index contributed by atoms with van der Waals surface area (Å²) in [6.07, 6.45) is -1.50. The predicted molar refractivity (Wildman–Crippen MR) is 104 cm³/mol. The number of nitro groups is 1. The number of halogens is 3. The van der Waals surface area contributed by atoms with Crippen LogP contribution in [0, 0.1) is 10.1 Å². The molecule has 0 N–H and O–H groups in total. The van der Waals surface area contributed by atoms with Crippen molar-refractivity contribution in [1.82, 2.24) is 9.38 Å². The van der Waals surface area contributed by atoms with Crippen molar-refractivity contribution in [2.45, 2.75) is 6.18 Å². The van der Waals surface area contributed by atoms with E-state index < -0.39 is 22.6 Å². The largest absolute Gasteiger partial charge is 0.423 e. The molecule has 31 heavy (non-hydrogen) atoms. The van der Waals surface area contributed by atoms with Gasteiger partial charge in [-0.05, 0) is 54.6 Å². The fourth-order valence-electron chi connectivity index (χ4n) is 2.88. The molecule has 4 aromatic rings. The number of aromatic nitrogens is 2. The van der Waals surface area contributed by atoms with Gasteiger partial charge in [0.05, 0.1) is 27.9 Å². The molecule has 0 saturated carbocycles. The lowest BCUT2D eigenvalue weighted by Crippen LogP contribution is -2.10. The number of nitrogens with zero attached hydrogens (tertiary/aromatic N) is 3. The number of ether oxygens (including phenoxy) is 1. The second-order valence-electron chi connectivity index (χ2n) is 6.53. The Kier molecular flexibility index (Phi) is 4.90. The summed E-state index contributed by atoms with van der Waals surface area (Å²) in [5, 5.41) is 10.9. The van der Waals surface area contributed by atoms with Crippen LogP contribution in [0.5, 0.6) is 5.75 Å². The summed E-state index contributed by atoms with van der Waals surface area (Å²) >= 11 is 0. The Balaban J connectivity index is 1.50. The lowest BCUT2D eigenvalue weighted by atomic mass is 10.1. The molecule has 0 saturated heterocycles. The van der Waals surface area contributed by atoms with Gasteiger partial charge in [-0.25, -0.2) is 9.78 Å². The number of rotatable bonds is 4. The maximum Gasteiger partial charge on any atom is 0.416 e. The van der Waals surface area contributed by atoms with E-state index in [9.17, 15) is 28.1 Å². The summed E-state index contributed by atoms with van der Waals surface area (Å²) in [5.74, 6) is -0.588. The van der Waals surface area contributed by atoms with E-state index in [1.54, 1.807) is 18.3 Å². The van der Waals surface area contributed by atoms with Crippen LogP contribution in [0.3, 0.4) is 0 Å². The molecule has 7 nitrogen and oxygen atoms in total. The molecule has 156 valence electrons. The van der Waals surface area contributed by atoms with Crippen LogP contribution in [0.25, 0.3) is 16.9 Å². The van der Waals surface area contributed by atoms with Gasteiger partial charge in [0.15, 0.2) is 0 Å².